The Balaban J connectivity index is 2.33. The van der Waals surface area contributed by atoms with Crippen LogP contribution < -0.4 is 10.6 Å². The molecule has 0 aliphatic carbocycles. The normalized spacial score (nSPS) is 10.8. The average molecular weight is 224 g/mol. The Hall–Kier alpha value is -1.36. The molecule has 16 heavy (non-hydrogen) atoms. The number of rotatable bonds is 6. The van der Waals surface area contributed by atoms with Crippen molar-refractivity contribution >= 4 is 5.91 Å². The molecule has 1 aromatic heterocycles. The summed E-state index contributed by atoms with van der Waals surface area (Å²) in [5, 5.41) is 5.89. The van der Waals surface area contributed by atoms with E-state index in [4.69, 9.17) is 0 Å². The van der Waals surface area contributed by atoms with Crippen LogP contribution in [0.15, 0.2) is 12.5 Å². The fourth-order valence-corrected chi connectivity index (χ4v) is 1.43. The van der Waals surface area contributed by atoms with E-state index in [-0.39, 0.29) is 11.9 Å². The van der Waals surface area contributed by atoms with Gasteiger partial charge in [0, 0.05) is 31.7 Å². The zero-order valence-electron chi connectivity index (χ0n) is 10.2. The molecule has 0 spiro atoms. The van der Waals surface area contributed by atoms with Crippen molar-refractivity contribution in [3.05, 3.63) is 18.2 Å². The molecule has 5 heteroatoms. The molecule has 0 aromatic carbocycles. The molecule has 0 radical (unpaired) electrons. The summed E-state index contributed by atoms with van der Waals surface area (Å²) in [4.78, 5) is 15.6. The minimum Gasteiger partial charge on any atom is -0.354 e. The summed E-state index contributed by atoms with van der Waals surface area (Å²) in [7, 11) is 1.88. The third kappa shape index (κ3) is 4.44. The topological polar surface area (TPSA) is 59.0 Å². The molecule has 90 valence electrons. The largest absolute Gasteiger partial charge is 0.354 e. The highest BCUT2D eigenvalue weighted by Gasteiger charge is 2.04. The highest BCUT2D eigenvalue weighted by atomic mass is 16.1. The monoisotopic (exact) mass is 224 g/mol. The van der Waals surface area contributed by atoms with Gasteiger partial charge in [-0.1, -0.05) is 0 Å². The summed E-state index contributed by atoms with van der Waals surface area (Å²) in [6.45, 7) is 5.35. The molecule has 2 N–H and O–H groups in total. The van der Waals surface area contributed by atoms with Gasteiger partial charge in [-0.3, -0.25) is 4.79 Å². The van der Waals surface area contributed by atoms with E-state index in [2.05, 4.69) is 15.6 Å². The first kappa shape index (κ1) is 12.7. The highest BCUT2D eigenvalue weighted by molar-refractivity contribution is 5.76. The summed E-state index contributed by atoms with van der Waals surface area (Å²) in [5.41, 5.74) is 0.992. The SMILES string of the molecule is CNCc1cn(CCC(=O)NC(C)C)cn1. The van der Waals surface area contributed by atoms with Crippen molar-refractivity contribution in [3.8, 4) is 0 Å². The van der Waals surface area contributed by atoms with Gasteiger partial charge in [0.2, 0.25) is 5.91 Å². The van der Waals surface area contributed by atoms with Crippen molar-refractivity contribution in [1.82, 2.24) is 20.2 Å². The number of nitrogens with zero attached hydrogens (tertiary/aromatic N) is 2. The maximum Gasteiger partial charge on any atom is 0.221 e. The molecule has 0 aliphatic rings. The third-order valence-electron chi connectivity index (χ3n) is 2.09. The Morgan fingerprint density at radius 2 is 2.31 bits per heavy atom. The lowest BCUT2D eigenvalue weighted by Crippen LogP contribution is -2.30. The standard InChI is InChI=1S/C11H20N4O/c1-9(2)14-11(16)4-5-15-7-10(6-12-3)13-8-15/h7-9,12H,4-6H2,1-3H3,(H,14,16). The van der Waals surface area contributed by atoms with E-state index in [1.54, 1.807) is 6.33 Å². The first-order valence-corrected chi connectivity index (χ1v) is 5.56. The van der Waals surface area contributed by atoms with Gasteiger partial charge in [-0.15, -0.1) is 0 Å². The van der Waals surface area contributed by atoms with Gasteiger partial charge in [-0.05, 0) is 20.9 Å². The number of nitrogens with one attached hydrogen (secondary N) is 2. The Morgan fingerprint density at radius 1 is 1.56 bits per heavy atom. The van der Waals surface area contributed by atoms with Crippen LogP contribution in [0.25, 0.3) is 0 Å². The van der Waals surface area contributed by atoms with Crippen LogP contribution >= 0.6 is 0 Å². The van der Waals surface area contributed by atoms with Gasteiger partial charge in [0.15, 0.2) is 0 Å². The van der Waals surface area contributed by atoms with Crippen molar-refractivity contribution in [2.45, 2.75) is 39.4 Å². The van der Waals surface area contributed by atoms with E-state index in [9.17, 15) is 4.79 Å². The van der Waals surface area contributed by atoms with Crippen molar-refractivity contribution in [1.29, 1.82) is 0 Å². The molecule has 0 fully saturated rings. The van der Waals surface area contributed by atoms with E-state index in [1.165, 1.54) is 0 Å². The molecule has 0 saturated heterocycles. The summed E-state index contributed by atoms with van der Waals surface area (Å²) >= 11 is 0. The van der Waals surface area contributed by atoms with Crippen LogP contribution in [0.4, 0.5) is 0 Å². The van der Waals surface area contributed by atoms with Gasteiger partial charge < -0.3 is 15.2 Å². The van der Waals surface area contributed by atoms with Gasteiger partial charge in [-0.2, -0.15) is 0 Å². The van der Waals surface area contributed by atoms with Crippen LogP contribution in [0.2, 0.25) is 0 Å². The summed E-state index contributed by atoms with van der Waals surface area (Å²) in [5.74, 6) is 0.0823. The molecule has 0 unspecified atom stereocenters. The second-order valence-corrected chi connectivity index (χ2v) is 4.11. The first-order chi connectivity index (χ1) is 7.61. The maximum atomic E-state index is 11.4. The van der Waals surface area contributed by atoms with E-state index in [1.807, 2.05) is 31.7 Å². The summed E-state index contributed by atoms with van der Waals surface area (Å²) in [6.07, 6.45) is 4.21. The lowest BCUT2D eigenvalue weighted by molar-refractivity contribution is -0.121. The van der Waals surface area contributed by atoms with Crippen molar-refractivity contribution in [2.24, 2.45) is 0 Å². The van der Waals surface area contributed by atoms with Crippen LogP contribution in [0.5, 0.6) is 0 Å². The fourth-order valence-electron chi connectivity index (χ4n) is 1.43. The number of aryl methyl sites for hydroxylation is 1. The van der Waals surface area contributed by atoms with Crippen molar-refractivity contribution < 1.29 is 4.79 Å². The second kappa shape index (κ2) is 6.27. The second-order valence-electron chi connectivity index (χ2n) is 4.11. The molecule has 0 aliphatic heterocycles. The number of hydrogen-bond donors (Lipinski definition) is 2. The quantitative estimate of drug-likeness (QED) is 0.740. The van der Waals surface area contributed by atoms with Crippen LogP contribution in [0.1, 0.15) is 26.0 Å². The average Bonchev–Trinajstić information content (AvgIpc) is 2.62. The molecule has 0 saturated carbocycles. The molecule has 0 bridgehead atoms. The van der Waals surface area contributed by atoms with Crippen molar-refractivity contribution in [2.75, 3.05) is 7.05 Å². The highest BCUT2D eigenvalue weighted by Crippen LogP contribution is 1.97. The Bertz CT molecular complexity index is 332. The minimum atomic E-state index is 0.0823. The van der Waals surface area contributed by atoms with Gasteiger partial charge in [-0.25, -0.2) is 4.98 Å². The predicted molar refractivity (Wildman–Crippen MR) is 62.9 cm³/mol. The van der Waals surface area contributed by atoms with E-state index < -0.39 is 0 Å². The Labute approximate surface area is 96.3 Å². The number of carbonyl (C=O) groups is 1. The lowest BCUT2D eigenvalue weighted by atomic mass is 10.3. The van der Waals surface area contributed by atoms with Crippen LogP contribution in [-0.2, 0) is 17.9 Å². The van der Waals surface area contributed by atoms with Crippen molar-refractivity contribution in [3.63, 3.8) is 0 Å². The minimum absolute atomic E-state index is 0.0823. The van der Waals surface area contributed by atoms with Gasteiger partial charge in [0.05, 0.1) is 12.0 Å². The van der Waals surface area contributed by atoms with Crippen LogP contribution in [0, 0.1) is 0 Å². The zero-order valence-corrected chi connectivity index (χ0v) is 10.2. The number of amides is 1. The third-order valence-corrected chi connectivity index (χ3v) is 2.09. The van der Waals surface area contributed by atoms with E-state index >= 15 is 0 Å². The van der Waals surface area contributed by atoms with Crippen LogP contribution in [-0.4, -0.2) is 28.5 Å². The molecule has 1 amide bonds. The molecule has 5 nitrogen and oxygen atoms in total. The smallest absolute Gasteiger partial charge is 0.221 e. The fraction of sp³-hybridized carbons (Fsp3) is 0.636. The zero-order chi connectivity index (χ0) is 12.0. The number of carbonyl (C=O) groups excluding carboxylic acids is 1. The Kier molecular flexibility index (Phi) is 4.98. The lowest BCUT2D eigenvalue weighted by Gasteiger charge is -2.08. The number of imidazole rings is 1. The summed E-state index contributed by atoms with van der Waals surface area (Å²) in [6, 6.07) is 0.204. The first-order valence-electron chi connectivity index (χ1n) is 5.56. The van der Waals surface area contributed by atoms with E-state index in [0.29, 0.717) is 13.0 Å². The Morgan fingerprint density at radius 3 is 2.94 bits per heavy atom. The molecule has 0 atom stereocenters. The van der Waals surface area contributed by atoms with Gasteiger partial charge in [0.25, 0.3) is 0 Å². The van der Waals surface area contributed by atoms with Crippen LogP contribution in [0.3, 0.4) is 0 Å². The molecule has 1 rings (SSSR count). The molecular formula is C11H20N4O. The van der Waals surface area contributed by atoms with E-state index in [0.717, 1.165) is 12.2 Å². The maximum absolute atomic E-state index is 11.4. The molecule has 1 aromatic rings. The summed E-state index contributed by atoms with van der Waals surface area (Å²) < 4.78 is 1.94. The number of aromatic nitrogens is 2. The van der Waals surface area contributed by atoms with Gasteiger partial charge in [0.1, 0.15) is 0 Å². The number of hydrogen-bond acceptors (Lipinski definition) is 3. The van der Waals surface area contributed by atoms with Gasteiger partial charge >= 0.3 is 0 Å². The molecular weight excluding hydrogens is 204 g/mol. The predicted octanol–water partition coefficient (Wildman–Crippen LogP) is 0.517. The molecule has 1 heterocycles.